The molecular weight excluding hydrogens is 548 g/mol. The second-order valence-electron chi connectivity index (χ2n) is 11.5. The Morgan fingerprint density at radius 2 is 1.79 bits per heavy atom. The van der Waals surface area contributed by atoms with Gasteiger partial charge in [0.2, 0.25) is 10.0 Å². The van der Waals surface area contributed by atoms with E-state index >= 15 is 0 Å². The summed E-state index contributed by atoms with van der Waals surface area (Å²) in [7, 11) is -3.60. The lowest BCUT2D eigenvalue weighted by Crippen LogP contribution is -2.33. The standard InChI is InChI=1S/C33H38N4O4S/c1-3-5-24-6-4-16-37(17-15-24)42(39,40)29-11-7-25(8-12-29)33(38)36-18-19-41-32-14-10-26(20-28(32)22-36)27-9-13-30-31(21-27)35-23(2)34-30/h7-14,20-21,24H,3-6,15-19,22H2,1-2H3,(H,34,35). The van der Waals surface area contributed by atoms with Gasteiger partial charge in [-0.25, -0.2) is 13.4 Å². The van der Waals surface area contributed by atoms with Crippen LogP contribution < -0.4 is 4.74 Å². The first-order chi connectivity index (χ1) is 20.3. The van der Waals surface area contributed by atoms with E-state index in [-0.39, 0.29) is 10.8 Å². The molecule has 0 aliphatic carbocycles. The van der Waals surface area contributed by atoms with E-state index in [1.165, 1.54) is 0 Å². The van der Waals surface area contributed by atoms with Crippen molar-refractivity contribution in [1.82, 2.24) is 19.2 Å². The minimum Gasteiger partial charge on any atom is -0.491 e. The molecular formula is C33H38N4O4S. The highest BCUT2D eigenvalue weighted by atomic mass is 32.2. The van der Waals surface area contributed by atoms with Crippen LogP contribution in [-0.2, 0) is 16.6 Å². The number of H-pyrrole nitrogens is 1. The summed E-state index contributed by atoms with van der Waals surface area (Å²) in [6, 6.07) is 18.6. The van der Waals surface area contributed by atoms with Crippen LogP contribution in [0.2, 0.25) is 0 Å². The molecule has 2 aliphatic heterocycles. The molecule has 1 aromatic heterocycles. The third kappa shape index (κ3) is 5.80. The van der Waals surface area contributed by atoms with Crippen molar-refractivity contribution in [2.75, 3.05) is 26.2 Å². The lowest BCUT2D eigenvalue weighted by Gasteiger charge is -2.22. The highest BCUT2D eigenvalue weighted by Crippen LogP contribution is 2.31. The molecule has 1 amide bonds. The summed E-state index contributed by atoms with van der Waals surface area (Å²) >= 11 is 0. The van der Waals surface area contributed by atoms with Gasteiger partial charge in [0.15, 0.2) is 0 Å². The smallest absolute Gasteiger partial charge is 0.254 e. The van der Waals surface area contributed by atoms with Crippen LogP contribution in [0.3, 0.4) is 0 Å². The van der Waals surface area contributed by atoms with Gasteiger partial charge in [-0.1, -0.05) is 31.9 Å². The molecule has 1 unspecified atom stereocenters. The van der Waals surface area contributed by atoms with Gasteiger partial charge in [-0.15, -0.1) is 0 Å². The topological polar surface area (TPSA) is 95.6 Å². The van der Waals surface area contributed by atoms with Crippen molar-refractivity contribution in [2.45, 2.75) is 57.4 Å². The number of aryl methyl sites for hydroxylation is 1. The van der Waals surface area contributed by atoms with Crippen molar-refractivity contribution in [3.05, 3.63) is 77.6 Å². The minimum atomic E-state index is -3.60. The summed E-state index contributed by atoms with van der Waals surface area (Å²) in [6.07, 6.45) is 5.15. The fourth-order valence-electron chi connectivity index (χ4n) is 6.24. The Kier molecular flexibility index (Phi) is 8.05. The zero-order valence-corrected chi connectivity index (χ0v) is 25.1. The summed E-state index contributed by atoms with van der Waals surface area (Å²) in [4.78, 5) is 23.4. The molecule has 1 fully saturated rings. The Morgan fingerprint density at radius 1 is 1.00 bits per heavy atom. The molecule has 9 heteroatoms. The first kappa shape index (κ1) is 28.4. The van der Waals surface area contributed by atoms with Crippen LogP contribution in [0, 0.1) is 12.8 Å². The van der Waals surface area contributed by atoms with Crippen LogP contribution in [0.15, 0.2) is 65.6 Å². The molecule has 1 saturated heterocycles. The predicted octanol–water partition coefficient (Wildman–Crippen LogP) is 6.16. The summed E-state index contributed by atoms with van der Waals surface area (Å²) < 4.78 is 34.4. The molecule has 3 aromatic carbocycles. The average Bonchev–Trinajstić information content (AvgIpc) is 3.13. The van der Waals surface area contributed by atoms with Crippen molar-refractivity contribution < 1.29 is 17.9 Å². The second-order valence-corrected chi connectivity index (χ2v) is 13.4. The van der Waals surface area contributed by atoms with Gasteiger partial charge >= 0.3 is 0 Å². The van der Waals surface area contributed by atoms with Gasteiger partial charge in [-0.2, -0.15) is 4.31 Å². The highest BCUT2D eigenvalue weighted by Gasteiger charge is 2.28. The number of carbonyl (C=O) groups excluding carboxylic acids is 1. The maximum absolute atomic E-state index is 13.6. The number of carbonyl (C=O) groups is 1. The average molecular weight is 587 g/mol. The fourth-order valence-corrected chi connectivity index (χ4v) is 7.73. The molecule has 8 nitrogen and oxygen atoms in total. The molecule has 2 aliphatic rings. The summed E-state index contributed by atoms with van der Waals surface area (Å²) in [5, 5.41) is 0. The molecule has 1 atom stereocenters. The molecule has 1 N–H and O–H groups in total. The quantitative estimate of drug-likeness (QED) is 0.292. The summed E-state index contributed by atoms with van der Waals surface area (Å²) in [5.41, 5.74) is 5.39. The largest absolute Gasteiger partial charge is 0.491 e. The third-order valence-corrected chi connectivity index (χ3v) is 10.4. The molecule has 0 saturated carbocycles. The number of aromatic nitrogens is 2. The lowest BCUT2D eigenvalue weighted by atomic mass is 9.96. The Hall–Kier alpha value is -3.69. The number of hydrogen-bond acceptors (Lipinski definition) is 5. The SMILES string of the molecule is CCCC1CCCN(S(=O)(=O)c2ccc(C(=O)N3CCOc4ccc(-c5ccc6nc(C)[nH]c6c5)cc4C3)cc2)CC1. The van der Waals surface area contributed by atoms with E-state index in [9.17, 15) is 13.2 Å². The van der Waals surface area contributed by atoms with Crippen LogP contribution in [0.5, 0.6) is 5.75 Å². The number of benzene rings is 3. The zero-order chi connectivity index (χ0) is 29.3. The number of aromatic amines is 1. The van der Waals surface area contributed by atoms with Crippen LogP contribution in [0.25, 0.3) is 22.2 Å². The Balaban J connectivity index is 1.18. The van der Waals surface area contributed by atoms with Gasteiger partial charge in [0.25, 0.3) is 5.91 Å². The number of hydrogen-bond donors (Lipinski definition) is 1. The maximum atomic E-state index is 13.6. The van der Waals surface area contributed by atoms with Gasteiger partial charge in [-0.3, -0.25) is 4.79 Å². The maximum Gasteiger partial charge on any atom is 0.254 e. The number of nitrogens with zero attached hydrogens (tertiary/aromatic N) is 3. The van der Waals surface area contributed by atoms with Crippen molar-refractivity contribution >= 4 is 27.0 Å². The van der Waals surface area contributed by atoms with Crippen molar-refractivity contribution in [3.8, 4) is 16.9 Å². The van der Waals surface area contributed by atoms with Gasteiger partial charge < -0.3 is 14.6 Å². The van der Waals surface area contributed by atoms with E-state index in [0.717, 1.165) is 71.4 Å². The number of nitrogens with one attached hydrogen (secondary N) is 1. The Bertz CT molecular complexity index is 1700. The van der Waals surface area contributed by atoms with Crippen LogP contribution in [0.1, 0.15) is 60.8 Å². The molecule has 42 heavy (non-hydrogen) atoms. The number of fused-ring (bicyclic) bond motifs is 2. The van der Waals surface area contributed by atoms with E-state index < -0.39 is 10.0 Å². The first-order valence-corrected chi connectivity index (χ1v) is 16.4. The van der Waals surface area contributed by atoms with Gasteiger partial charge in [0.05, 0.1) is 22.5 Å². The fraction of sp³-hybridized carbons (Fsp3) is 0.394. The number of rotatable bonds is 6. The van der Waals surface area contributed by atoms with Gasteiger partial charge in [-0.05, 0) is 91.8 Å². The molecule has 4 aromatic rings. The molecule has 3 heterocycles. The number of sulfonamides is 1. The molecule has 0 radical (unpaired) electrons. The van der Waals surface area contributed by atoms with E-state index in [2.05, 4.69) is 35.1 Å². The van der Waals surface area contributed by atoms with Crippen LogP contribution >= 0.6 is 0 Å². The predicted molar refractivity (Wildman–Crippen MR) is 164 cm³/mol. The molecule has 6 rings (SSSR count). The normalized spacial score (nSPS) is 18.2. The van der Waals surface area contributed by atoms with Crippen molar-refractivity contribution in [3.63, 3.8) is 0 Å². The third-order valence-electron chi connectivity index (χ3n) is 8.50. The zero-order valence-electron chi connectivity index (χ0n) is 24.3. The summed E-state index contributed by atoms with van der Waals surface area (Å²) in [5.74, 6) is 2.10. The van der Waals surface area contributed by atoms with E-state index in [4.69, 9.17) is 4.74 Å². The number of ether oxygens (including phenoxy) is 1. The molecule has 0 bridgehead atoms. The molecule has 220 valence electrons. The minimum absolute atomic E-state index is 0.146. The van der Waals surface area contributed by atoms with E-state index in [0.29, 0.717) is 44.3 Å². The van der Waals surface area contributed by atoms with Gasteiger partial charge in [0.1, 0.15) is 18.2 Å². The number of imidazole rings is 1. The van der Waals surface area contributed by atoms with Crippen molar-refractivity contribution in [2.24, 2.45) is 5.92 Å². The van der Waals surface area contributed by atoms with Gasteiger partial charge in [0, 0.05) is 30.8 Å². The Labute approximate surface area is 247 Å². The summed E-state index contributed by atoms with van der Waals surface area (Å²) in [6.45, 7) is 6.45. The monoisotopic (exact) mass is 586 g/mol. The second kappa shape index (κ2) is 11.9. The highest BCUT2D eigenvalue weighted by molar-refractivity contribution is 7.89. The van der Waals surface area contributed by atoms with E-state index in [1.54, 1.807) is 33.5 Å². The van der Waals surface area contributed by atoms with Crippen molar-refractivity contribution in [1.29, 1.82) is 0 Å². The van der Waals surface area contributed by atoms with E-state index in [1.807, 2.05) is 25.1 Å². The Morgan fingerprint density at radius 3 is 2.60 bits per heavy atom. The van der Waals surface area contributed by atoms with Crippen LogP contribution in [0.4, 0.5) is 0 Å². The molecule has 0 spiro atoms. The van der Waals surface area contributed by atoms with Crippen LogP contribution in [-0.4, -0.2) is 59.7 Å². The first-order valence-electron chi connectivity index (χ1n) is 14.9. The lowest BCUT2D eigenvalue weighted by molar-refractivity contribution is 0.0733. The number of amides is 1.